The quantitative estimate of drug-likeness (QED) is 0.597. The van der Waals surface area contributed by atoms with Gasteiger partial charge in [0.05, 0.1) is 4.90 Å². The summed E-state index contributed by atoms with van der Waals surface area (Å²) in [5.41, 5.74) is 0.619. The number of thioether (sulfide) groups is 1. The van der Waals surface area contributed by atoms with Crippen LogP contribution < -0.4 is 5.32 Å². The Hall–Kier alpha value is -2.04. The molecule has 1 saturated heterocycles. The highest BCUT2D eigenvalue weighted by Crippen LogP contribution is 2.25. The standard InChI is InChI=1S/C21H23F3N2O3S2/c22-18-4-2-1-3-16(18)14-30-12-9-25-21(27)15-7-10-26(11-8-15)31(28,29)17-5-6-19(23)20(24)13-17/h1-6,13,15H,7-12,14H2,(H,25,27). The third kappa shape index (κ3) is 6.02. The summed E-state index contributed by atoms with van der Waals surface area (Å²) in [6, 6.07) is 9.04. The Balaban J connectivity index is 1.42. The minimum absolute atomic E-state index is 0.126. The number of benzene rings is 2. The molecule has 2 aromatic carbocycles. The van der Waals surface area contributed by atoms with E-state index in [4.69, 9.17) is 0 Å². The van der Waals surface area contributed by atoms with Gasteiger partial charge < -0.3 is 5.32 Å². The van der Waals surface area contributed by atoms with Gasteiger partial charge in [-0.1, -0.05) is 18.2 Å². The molecule has 2 aromatic rings. The van der Waals surface area contributed by atoms with E-state index in [2.05, 4.69) is 5.32 Å². The van der Waals surface area contributed by atoms with Crippen LogP contribution in [-0.2, 0) is 20.6 Å². The van der Waals surface area contributed by atoms with Gasteiger partial charge in [0.2, 0.25) is 15.9 Å². The predicted octanol–water partition coefficient (Wildman–Crippen LogP) is 3.55. The summed E-state index contributed by atoms with van der Waals surface area (Å²) in [5, 5.41) is 2.84. The first kappa shape index (κ1) is 23.6. The number of nitrogens with zero attached hydrogens (tertiary/aromatic N) is 1. The van der Waals surface area contributed by atoms with Crippen molar-refractivity contribution in [3.8, 4) is 0 Å². The molecule has 10 heteroatoms. The Kier molecular flexibility index (Phi) is 8.01. The fourth-order valence-electron chi connectivity index (χ4n) is 3.33. The average Bonchev–Trinajstić information content (AvgIpc) is 2.76. The van der Waals surface area contributed by atoms with E-state index < -0.39 is 21.7 Å². The lowest BCUT2D eigenvalue weighted by Gasteiger charge is -2.30. The van der Waals surface area contributed by atoms with E-state index in [1.807, 2.05) is 0 Å². The van der Waals surface area contributed by atoms with Crippen LogP contribution in [0.4, 0.5) is 13.2 Å². The number of hydrogen-bond acceptors (Lipinski definition) is 4. The molecular weight excluding hydrogens is 449 g/mol. The van der Waals surface area contributed by atoms with Crippen LogP contribution >= 0.6 is 11.8 Å². The number of carbonyl (C=O) groups excluding carboxylic acids is 1. The largest absolute Gasteiger partial charge is 0.355 e. The second kappa shape index (κ2) is 10.5. The van der Waals surface area contributed by atoms with Crippen molar-refractivity contribution >= 4 is 27.7 Å². The lowest BCUT2D eigenvalue weighted by Crippen LogP contribution is -2.43. The van der Waals surface area contributed by atoms with Crippen molar-refractivity contribution in [3.63, 3.8) is 0 Å². The van der Waals surface area contributed by atoms with Gasteiger partial charge >= 0.3 is 0 Å². The summed E-state index contributed by atoms with van der Waals surface area (Å²) in [6.45, 7) is 0.689. The number of nitrogens with one attached hydrogen (secondary N) is 1. The fraction of sp³-hybridized carbons (Fsp3) is 0.381. The van der Waals surface area contributed by atoms with Gasteiger partial charge in [0.1, 0.15) is 5.82 Å². The molecule has 0 unspecified atom stereocenters. The number of sulfonamides is 1. The van der Waals surface area contributed by atoms with Crippen LogP contribution in [0.15, 0.2) is 47.4 Å². The Labute approximate surface area is 184 Å². The van der Waals surface area contributed by atoms with Gasteiger partial charge in [-0.05, 0) is 42.7 Å². The fourth-order valence-corrected chi connectivity index (χ4v) is 5.66. The SMILES string of the molecule is O=C(NCCSCc1ccccc1F)C1CCN(S(=O)(=O)c2ccc(F)c(F)c2)CC1. The van der Waals surface area contributed by atoms with Gasteiger partial charge in [-0.15, -0.1) is 0 Å². The topological polar surface area (TPSA) is 66.5 Å². The summed E-state index contributed by atoms with van der Waals surface area (Å²) in [5.74, 6) is -1.88. The molecule has 0 spiro atoms. The predicted molar refractivity (Wildman–Crippen MR) is 113 cm³/mol. The first-order valence-corrected chi connectivity index (χ1v) is 12.4. The Bertz CT molecular complexity index is 1030. The molecule has 0 saturated carbocycles. The van der Waals surface area contributed by atoms with Crippen molar-refractivity contribution in [2.75, 3.05) is 25.4 Å². The second-order valence-corrected chi connectivity index (χ2v) is 10.2. The van der Waals surface area contributed by atoms with Crippen molar-refractivity contribution in [2.24, 2.45) is 5.92 Å². The monoisotopic (exact) mass is 472 g/mol. The number of rotatable bonds is 8. The maximum atomic E-state index is 13.6. The zero-order valence-electron chi connectivity index (χ0n) is 16.7. The van der Waals surface area contributed by atoms with Crippen LogP contribution in [0.1, 0.15) is 18.4 Å². The maximum Gasteiger partial charge on any atom is 0.243 e. The van der Waals surface area contributed by atoms with Crippen LogP contribution in [0.2, 0.25) is 0 Å². The summed E-state index contributed by atoms with van der Waals surface area (Å²) >= 11 is 1.51. The lowest BCUT2D eigenvalue weighted by atomic mass is 9.97. The van der Waals surface area contributed by atoms with Crippen molar-refractivity contribution in [2.45, 2.75) is 23.5 Å². The van der Waals surface area contributed by atoms with E-state index in [1.54, 1.807) is 18.2 Å². The Morgan fingerprint density at radius 2 is 1.74 bits per heavy atom. The van der Waals surface area contributed by atoms with E-state index >= 15 is 0 Å². The number of halogens is 3. The minimum Gasteiger partial charge on any atom is -0.355 e. The number of amides is 1. The third-order valence-electron chi connectivity index (χ3n) is 5.11. The van der Waals surface area contributed by atoms with E-state index in [0.717, 1.165) is 12.1 Å². The number of carbonyl (C=O) groups is 1. The molecule has 1 amide bonds. The summed E-state index contributed by atoms with van der Waals surface area (Å²) in [4.78, 5) is 12.0. The normalized spacial score (nSPS) is 15.7. The number of hydrogen-bond donors (Lipinski definition) is 1. The first-order valence-electron chi connectivity index (χ1n) is 9.83. The molecule has 31 heavy (non-hydrogen) atoms. The van der Waals surface area contributed by atoms with Crippen LogP contribution in [-0.4, -0.2) is 44.0 Å². The molecule has 3 rings (SSSR count). The molecule has 1 aliphatic rings. The van der Waals surface area contributed by atoms with Gasteiger partial charge in [-0.2, -0.15) is 16.1 Å². The molecule has 0 aromatic heterocycles. The zero-order chi connectivity index (χ0) is 22.4. The highest BCUT2D eigenvalue weighted by atomic mass is 32.2. The van der Waals surface area contributed by atoms with Crippen LogP contribution in [0.5, 0.6) is 0 Å². The van der Waals surface area contributed by atoms with E-state index in [1.165, 1.54) is 22.1 Å². The smallest absolute Gasteiger partial charge is 0.243 e. The molecular formula is C21H23F3N2O3S2. The molecule has 1 N–H and O–H groups in total. The average molecular weight is 473 g/mol. The highest BCUT2D eigenvalue weighted by molar-refractivity contribution is 7.98. The van der Waals surface area contributed by atoms with Gasteiger partial charge in [0.15, 0.2) is 11.6 Å². The van der Waals surface area contributed by atoms with E-state index in [-0.39, 0.29) is 35.6 Å². The van der Waals surface area contributed by atoms with Crippen LogP contribution in [0, 0.1) is 23.4 Å². The van der Waals surface area contributed by atoms with Gasteiger partial charge in [0.25, 0.3) is 0 Å². The summed E-state index contributed by atoms with van der Waals surface area (Å²) in [6.07, 6.45) is 0.689. The molecule has 5 nitrogen and oxygen atoms in total. The van der Waals surface area contributed by atoms with Crippen molar-refractivity contribution in [3.05, 3.63) is 65.5 Å². The summed E-state index contributed by atoms with van der Waals surface area (Å²) in [7, 11) is -3.94. The van der Waals surface area contributed by atoms with E-state index in [9.17, 15) is 26.4 Å². The molecule has 1 heterocycles. The molecule has 0 radical (unpaired) electrons. The first-order chi connectivity index (χ1) is 14.8. The lowest BCUT2D eigenvalue weighted by molar-refractivity contribution is -0.125. The zero-order valence-corrected chi connectivity index (χ0v) is 18.3. The molecule has 0 aliphatic carbocycles. The molecule has 168 valence electrons. The maximum absolute atomic E-state index is 13.6. The van der Waals surface area contributed by atoms with Gasteiger partial charge in [-0.25, -0.2) is 21.6 Å². The molecule has 1 fully saturated rings. The Morgan fingerprint density at radius 1 is 1.03 bits per heavy atom. The molecule has 1 aliphatic heterocycles. The van der Waals surface area contributed by atoms with Crippen molar-refractivity contribution in [1.82, 2.24) is 9.62 Å². The third-order valence-corrected chi connectivity index (χ3v) is 8.02. The highest BCUT2D eigenvalue weighted by Gasteiger charge is 2.32. The van der Waals surface area contributed by atoms with Crippen molar-refractivity contribution < 1.29 is 26.4 Å². The van der Waals surface area contributed by atoms with Crippen LogP contribution in [0.25, 0.3) is 0 Å². The second-order valence-electron chi connectivity index (χ2n) is 7.19. The molecule has 0 atom stereocenters. The van der Waals surface area contributed by atoms with Gasteiger partial charge in [0, 0.05) is 37.1 Å². The minimum atomic E-state index is -3.94. The summed E-state index contributed by atoms with van der Waals surface area (Å²) < 4.78 is 66.5. The van der Waals surface area contributed by atoms with E-state index in [0.29, 0.717) is 42.5 Å². The molecule has 0 bridgehead atoms. The Morgan fingerprint density at radius 3 is 2.42 bits per heavy atom. The number of piperidine rings is 1. The van der Waals surface area contributed by atoms with Gasteiger partial charge in [-0.3, -0.25) is 4.79 Å². The van der Waals surface area contributed by atoms with Crippen LogP contribution in [0.3, 0.4) is 0 Å². The van der Waals surface area contributed by atoms with Crippen molar-refractivity contribution in [1.29, 1.82) is 0 Å².